The van der Waals surface area contributed by atoms with Crippen LogP contribution in [0, 0.1) is 5.92 Å². The van der Waals surface area contributed by atoms with Crippen LogP contribution in [-0.2, 0) is 9.59 Å². The molecule has 20 heavy (non-hydrogen) atoms. The van der Waals surface area contributed by atoms with Crippen LogP contribution in [0.3, 0.4) is 0 Å². The van der Waals surface area contributed by atoms with Gasteiger partial charge in [0, 0.05) is 25.6 Å². The van der Waals surface area contributed by atoms with Crippen LogP contribution in [0.4, 0.5) is 0 Å². The monoisotopic (exact) mass is 281 g/mol. The van der Waals surface area contributed by atoms with Crippen molar-refractivity contribution in [2.75, 3.05) is 13.1 Å². The van der Waals surface area contributed by atoms with Gasteiger partial charge in [-0.2, -0.15) is 0 Å². The number of amides is 2. The lowest BCUT2D eigenvalue weighted by Gasteiger charge is -2.33. The highest BCUT2D eigenvalue weighted by atomic mass is 16.2. The summed E-state index contributed by atoms with van der Waals surface area (Å²) in [5.74, 6) is 0.796. The zero-order chi connectivity index (χ0) is 14.5. The molecule has 1 aliphatic heterocycles. The predicted molar refractivity (Wildman–Crippen MR) is 78.0 cm³/mol. The summed E-state index contributed by atoms with van der Waals surface area (Å²) in [6, 6.07) is -0.204. The summed E-state index contributed by atoms with van der Waals surface area (Å²) in [5.41, 5.74) is 5.61. The molecule has 0 aromatic carbocycles. The van der Waals surface area contributed by atoms with Gasteiger partial charge in [-0.05, 0) is 38.5 Å². The normalized spacial score (nSPS) is 22.8. The number of nitrogens with two attached hydrogens (primary N) is 1. The second-order valence-corrected chi connectivity index (χ2v) is 6.31. The Kier molecular flexibility index (Phi) is 5.40. The molecule has 1 aliphatic carbocycles. The third-order valence-electron chi connectivity index (χ3n) is 4.51. The van der Waals surface area contributed by atoms with E-state index in [0.29, 0.717) is 25.4 Å². The molecule has 1 atom stereocenters. The van der Waals surface area contributed by atoms with Crippen molar-refractivity contribution < 1.29 is 9.59 Å². The zero-order valence-electron chi connectivity index (χ0n) is 12.4. The Hall–Kier alpha value is -1.10. The molecule has 2 amide bonds. The minimum absolute atomic E-state index is 0.0146. The quantitative estimate of drug-likeness (QED) is 0.808. The first-order valence-electron chi connectivity index (χ1n) is 7.90. The largest absolute Gasteiger partial charge is 0.353 e. The van der Waals surface area contributed by atoms with Crippen molar-refractivity contribution in [3.8, 4) is 0 Å². The van der Waals surface area contributed by atoms with Crippen molar-refractivity contribution in [2.45, 2.75) is 64.0 Å². The van der Waals surface area contributed by atoms with Gasteiger partial charge in [-0.3, -0.25) is 9.59 Å². The number of hydrogen-bond donors (Lipinski definition) is 2. The van der Waals surface area contributed by atoms with E-state index in [2.05, 4.69) is 5.32 Å². The molecular weight excluding hydrogens is 254 g/mol. The molecule has 2 fully saturated rings. The molecule has 0 aromatic rings. The highest BCUT2D eigenvalue weighted by molar-refractivity contribution is 5.81. The van der Waals surface area contributed by atoms with Crippen LogP contribution >= 0.6 is 0 Å². The molecule has 0 unspecified atom stereocenters. The van der Waals surface area contributed by atoms with Gasteiger partial charge in [0.1, 0.15) is 0 Å². The van der Waals surface area contributed by atoms with Gasteiger partial charge in [-0.25, -0.2) is 0 Å². The summed E-state index contributed by atoms with van der Waals surface area (Å²) in [6.07, 6.45) is 7.32. The first-order chi connectivity index (χ1) is 9.56. The maximum absolute atomic E-state index is 12.0. The van der Waals surface area contributed by atoms with Gasteiger partial charge >= 0.3 is 0 Å². The highest BCUT2D eigenvalue weighted by Crippen LogP contribution is 2.27. The van der Waals surface area contributed by atoms with Gasteiger partial charge in [-0.15, -0.1) is 0 Å². The van der Waals surface area contributed by atoms with Crippen LogP contribution in [0.5, 0.6) is 0 Å². The van der Waals surface area contributed by atoms with E-state index in [9.17, 15) is 9.59 Å². The van der Waals surface area contributed by atoms with Crippen molar-refractivity contribution in [2.24, 2.45) is 11.7 Å². The molecule has 1 saturated heterocycles. The lowest BCUT2D eigenvalue weighted by molar-refractivity contribution is -0.133. The van der Waals surface area contributed by atoms with E-state index in [1.807, 2.05) is 4.90 Å². The van der Waals surface area contributed by atoms with Crippen molar-refractivity contribution in [3.05, 3.63) is 0 Å². The number of nitrogens with zero attached hydrogens (tertiary/aromatic N) is 1. The topological polar surface area (TPSA) is 75.4 Å². The lowest BCUT2D eigenvalue weighted by atomic mass is 10.0. The predicted octanol–water partition coefficient (Wildman–Crippen LogP) is 1.02. The van der Waals surface area contributed by atoms with Gasteiger partial charge in [0.15, 0.2) is 0 Å². The fourth-order valence-electron chi connectivity index (χ4n) is 3.30. The van der Waals surface area contributed by atoms with Crippen LogP contribution in [0.15, 0.2) is 0 Å². The first kappa shape index (κ1) is 15.3. The zero-order valence-corrected chi connectivity index (χ0v) is 12.4. The van der Waals surface area contributed by atoms with Gasteiger partial charge < -0.3 is 16.0 Å². The van der Waals surface area contributed by atoms with Crippen LogP contribution < -0.4 is 11.1 Å². The number of carbonyl (C=O) groups excluding carboxylic acids is 2. The number of hydrogen-bond acceptors (Lipinski definition) is 3. The summed E-state index contributed by atoms with van der Waals surface area (Å²) in [5, 5.41) is 3.13. The third-order valence-corrected chi connectivity index (χ3v) is 4.51. The second kappa shape index (κ2) is 7.07. The Morgan fingerprint density at radius 3 is 2.35 bits per heavy atom. The van der Waals surface area contributed by atoms with Gasteiger partial charge in [0.05, 0.1) is 6.04 Å². The lowest BCUT2D eigenvalue weighted by Crippen LogP contribution is -2.50. The standard InChI is InChI=1S/C15H27N3O2/c1-11(16)15(20)18-8-6-13(7-9-18)17-14(19)10-12-4-2-3-5-12/h11-13H,2-10,16H2,1H3,(H,17,19)/t11-/m1/s1. The number of piperidine rings is 1. The SMILES string of the molecule is C[C@@H](N)C(=O)N1CCC(NC(=O)CC2CCCC2)CC1. The van der Waals surface area contributed by atoms with Crippen LogP contribution in [0.2, 0.25) is 0 Å². The molecule has 5 nitrogen and oxygen atoms in total. The van der Waals surface area contributed by atoms with Crippen molar-refractivity contribution in [3.63, 3.8) is 0 Å². The van der Waals surface area contributed by atoms with Crippen LogP contribution in [0.25, 0.3) is 0 Å². The first-order valence-corrected chi connectivity index (χ1v) is 7.90. The Morgan fingerprint density at radius 1 is 1.20 bits per heavy atom. The Labute approximate surface area is 121 Å². The molecule has 2 rings (SSSR count). The molecule has 0 aromatic heterocycles. The molecule has 5 heteroatoms. The maximum atomic E-state index is 12.0. The third kappa shape index (κ3) is 4.20. The number of carbonyl (C=O) groups is 2. The smallest absolute Gasteiger partial charge is 0.239 e. The van der Waals surface area contributed by atoms with Crippen LogP contribution in [0.1, 0.15) is 51.9 Å². The van der Waals surface area contributed by atoms with E-state index in [0.717, 1.165) is 12.8 Å². The van der Waals surface area contributed by atoms with E-state index in [4.69, 9.17) is 5.73 Å². The Morgan fingerprint density at radius 2 is 1.80 bits per heavy atom. The van der Waals surface area contributed by atoms with Gasteiger partial charge in [0.2, 0.25) is 11.8 Å². The maximum Gasteiger partial charge on any atom is 0.239 e. The highest BCUT2D eigenvalue weighted by Gasteiger charge is 2.26. The second-order valence-electron chi connectivity index (χ2n) is 6.31. The molecule has 1 saturated carbocycles. The summed E-state index contributed by atoms with van der Waals surface area (Å²) in [4.78, 5) is 25.6. The van der Waals surface area contributed by atoms with E-state index < -0.39 is 6.04 Å². The van der Waals surface area contributed by atoms with Crippen molar-refractivity contribution in [1.82, 2.24) is 10.2 Å². The van der Waals surface area contributed by atoms with E-state index in [1.165, 1.54) is 25.7 Å². The Balaban J connectivity index is 1.68. The molecule has 2 aliphatic rings. The minimum Gasteiger partial charge on any atom is -0.353 e. The number of rotatable bonds is 4. The fraction of sp³-hybridized carbons (Fsp3) is 0.867. The minimum atomic E-state index is -0.427. The molecule has 3 N–H and O–H groups in total. The molecular formula is C15H27N3O2. The number of likely N-dealkylation sites (tertiary alicyclic amines) is 1. The van der Waals surface area contributed by atoms with Crippen LogP contribution in [-0.4, -0.2) is 41.9 Å². The summed E-state index contributed by atoms with van der Waals surface area (Å²) in [6.45, 7) is 3.13. The fourth-order valence-corrected chi connectivity index (χ4v) is 3.30. The molecule has 114 valence electrons. The summed E-state index contributed by atoms with van der Waals surface area (Å²) < 4.78 is 0. The van der Waals surface area contributed by atoms with E-state index in [-0.39, 0.29) is 17.9 Å². The van der Waals surface area contributed by atoms with Crippen molar-refractivity contribution >= 4 is 11.8 Å². The molecule has 1 heterocycles. The van der Waals surface area contributed by atoms with Gasteiger partial charge in [-0.1, -0.05) is 12.8 Å². The van der Waals surface area contributed by atoms with E-state index >= 15 is 0 Å². The van der Waals surface area contributed by atoms with Crippen molar-refractivity contribution in [1.29, 1.82) is 0 Å². The van der Waals surface area contributed by atoms with Gasteiger partial charge in [0.25, 0.3) is 0 Å². The van der Waals surface area contributed by atoms with E-state index in [1.54, 1.807) is 6.92 Å². The molecule has 0 spiro atoms. The summed E-state index contributed by atoms with van der Waals surface area (Å²) in [7, 11) is 0. The summed E-state index contributed by atoms with van der Waals surface area (Å²) >= 11 is 0. The molecule has 0 radical (unpaired) electrons. The number of nitrogens with one attached hydrogen (secondary N) is 1. The molecule has 0 bridgehead atoms. The Bertz CT molecular complexity index is 343. The average molecular weight is 281 g/mol. The average Bonchev–Trinajstić information content (AvgIpc) is 2.91.